The Bertz CT molecular complexity index is 369. The topological polar surface area (TPSA) is 45.2 Å². The van der Waals surface area contributed by atoms with Gasteiger partial charge in [-0.1, -0.05) is 20.8 Å². The number of anilines is 1. The summed E-state index contributed by atoms with van der Waals surface area (Å²) in [6, 6.07) is 3.73. The number of carbonyl (C=O) groups is 1. The fourth-order valence-corrected chi connectivity index (χ4v) is 1.91. The van der Waals surface area contributed by atoms with Crippen molar-refractivity contribution in [2.45, 2.75) is 40.0 Å². The van der Waals surface area contributed by atoms with Crippen molar-refractivity contribution in [1.82, 2.24) is 9.88 Å². The third kappa shape index (κ3) is 4.89. The highest BCUT2D eigenvalue weighted by Gasteiger charge is 2.15. The molecule has 0 aliphatic heterocycles. The average molecular weight is 263 g/mol. The van der Waals surface area contributed by atoms with Crippen LogP contribution in [0.5, 0.6) is 0 Å². The maximum atomic E-state index is 12.3. The molecule has 0 atom stereocenters. The molecule has 106 valence electrons. The van der Waals surface area contributed by atoms with Crippen molar-refractivity contribution in [3.63, 3.8) is 0 Å². The number of hydrogen-bond acceptors (Lipinski definition) is 3. The number of aromatic nitrogens is 1. The molecule has 0 saturated heterocycles. The van der Waals surface area contributed by atoms with Crippen molar-refractivity contribution in [2.24, 2.45) is 0 Å². The van der Waals surface area contributed by atoms with Crippen LogP contribution in [0.15, 0.2) is 18.3 Å². The lowest BCUT2D eigenvalue weighted by Crippen LogP contribution is -2.33. The van der Waals surface area contributed by atoms with E-state index in [4.69, 9.17) is 0 Å². The van der Waals surface area contributed by atoms with Crippen LogP contribution in [0.2, 0.25) is 0 Å². The smallest absolute Gasteiger partial charge is 0.272 e. The SMILES string of the molecule is CCCNc1ccc(C(=O)N(CCC)CCC)nc1. The van der Waals surface area contributed by atoms with Crippen LogP contribution in [0.1, 0.15) is 50.5 Å². The number of pyridine rings is 1. The number of nitrogens with zero attached hydrogens (tertiary/aromatic N) is 2. The van der Waals surface area contributed by atoms with Crippen molar-refractivity contribution in [3.05, 3.63) is 24.0 Å². The predicted octanol–water partition coefficient (Wildman–Crippen LogP) is 3.17. The van der Waals surface area contributed by atoms with Gasteiger partial charge in [0.05, 0.1) is 11.9 Å². The number of nitrogens with one attached hydrogen (secondary N) is 1. The van der Waals surface area contributed by atoms with Gasteiger partial charge in [-0.2, -0.15) is 0 Å². The van der Waals surface area contributed by atoms with Crippen LogP contribution in [0.3, 0.4) is 0 Å². The second-order valence-corrected chi connectivity index (χ2v) is 4.65. The van der Waals surface area contributed by atoms with Crippen molar-refractivity contribution >= 4 is 11.6 Å². The third-order valence-corrected chi connectivity index (χ3v) is 2.84. The van der Waals surface area contributed by atoms with Gasteiger partial charge in [0.25, 0.3) is 5.91 Å². The highest BCUT2D eigenvalue weighted by atomic mass is 16.2. The van der Waals surface area contributed by atoms with E-state index < -0.39 is 0 Å². The van der Waals surface area contributed by atoms with Crippen LogP contribution >= 0.6 is 0 Å². The zero-order valence-corrected chi connectivity index (χ0v) is 12.3. The van der Waals surface area contributed by atoms with Crippen molar-refractivity contribution < 1.29 is 4.79 Å². The Morgan fingerprint density at radius 2 is 1.84 bits per heavy atom. The fraction of sp³-hybridized carbons (Fsp3) is 0.600. The van der Waals surface area contributed by atoms with Crippen LogP contribution in [0, 0.1) is 0 Å². The number of carbonyl (C=O) groups excluding carboxylic acids is 1. The van der Waals surface area contributed by atoms with E-state index in [0.29, 0.717) is 5.69 Å². The summed E-state index contributed by atoms with van der Waals surface area (Å²) in [5.41, 5.74) is 1.50. The molecule has 0 bridgehead atoms. The minimum Gasteiger partial charge on any atom is -0.384 e. The molecule has 1 heterocycles. The van der Waals surface area contributed by atoms with Crippen LogP contribution in [-0.2, 0) is 0 Å². The molecule has 1 aromatic heterocycles. The molecular weight excluding hydrogens is 238 g/mol. The summed E-state index contributed by atoms with van der Waals surface area (Å²) >= 11 is 0. The summed E-state index contributed by atoms with van der Waals surface area (Å²) in [6.07, 6.45) is 4.75. The summed E-state index contributed by atoms with van der Waals surface area (Å²) in [7, 11) is 0. The van der Waals surface area contributed by atoms with Crippen molar-refractivity contribution in [1.29, 1.82) is 0 Å². The Kier molecular flexibility index (Phi) is 6.93. The molecule has 4 heteroatoms. The Labute approximate surface area is 116 Å². The largest absolute Gasteiger partial charge is 0.384 e. The summed E-state index contributed by atoms with van der Waals surface area (Å²) in [6.45, 7) is 8.80. The molecule has 0 radical (unpaired) electrons. The first-order valence-electron chi connectivity index (χ1n) is 7.22. The highest BCUT2D eigenvalue weighted by Crippen LogP contribution is 2.09. The standard InChI is InChI=1S/C15H25N3O/c1-4-9-16-13-7-8-14(17-12-13)15(19)18(10-5-2)11-6-3/h7-8,12,16H,4-6,9-11H2,1-3H3. The molecule has 1 aromatic rings. The van der Waals surface area contributed by atoms with Gasteiger partial charge >= 0.3 is 0 Å². The Balaban J connectivity index is 2.69. The summed E-state index contributed by atoms with van der Waals surface area (Å²) < 4.78 is 0. The molecule has 1 N–H and O–H groups in total. The first-order valence-corrected chi connectivity index (χ1v) is 7.22. The van der Waals surface area contributed by atoms with E-state index in [1.54, 1.807) is 12.3 Å². The van der Waals surface area contributed by atoms with Gasteiger partial charge in [0.15, 0.2) is 0 Å². The van der Waals surface area contributed by atoms with E-state index in [2.05, 4.69) is 31.1 Å². The normalized spacial score (nSPS) is 10.3. The first kappa shape index (κ1) is 15.5. The van der Waals surface area contributed by atoms with Gasteiger partial charge in [-0.15, -0.1) is 0 Å². The Morgan fingerprint density at radius 3 is 2.32 bits per heavy atom. The molecule has 0 unspecified atom stereocenters. The van der Waals surface area contributed by atoms with E-state index in [1.165, 1.54) is 0 Å². The molecule has 19 heavy (non-hydrogen) atoms. The van der Waals surface area contributed by atoms with Gasteiger partial charge in [-0.3, -0.25) is 4.79 Å². The molecule has 0 spiro atoms. The molecule has 1 amide bonds. The minimum atomic E-state index is 0.0331. The van der Waals surface area contributed by atoms with Gasteiger partial charge in [0.1, 0.15) is 5.69 Å². The van der Waals surface area contributed by atoms with Crippen LogP contribution in [-0.4, -0.2) is 35.4 Å². The lowest BCUT2D eigenvalue weighted by molar-refractivity contribution is 0.0749. The minimum absolute atomic E-state index is 0.0331. The van der Waals surface area contributed by atoms with Crippen molar-refractivity contribution in [3.8, 4) is 0 Å². The molecule has 0 fully saturated rings. The third-order valence-electron chi connectivity index (χ3n) is 2.84. The Hall–Kier alpha value is -1.58. The van der Waals surface area contributed by atoms with Gasteiger partial charge in [-0.05, 0) is 31.4 Å². The quantitative estimate of drug-likeness (QED) is 0.783. The first-order chi connectivity index (χ1) is 9.22. The maximum absolute atomic E-state index is 12.3. The van der Waals surface area contributed by atoms with E-state index >= 15 is 0 Å². The lowest BCUT2D eigenvalue weighted by Gasteiger charge is -2.21. The number of rotatable bonds is 8. The van der Waals surface area contributed by atoms with Gasteiger partial charge in [0, 0.05) is 19.6 Å². The summed E-state index contributed by atoms with van der Waals surface area (Å²) in [5.74, 6) is 0.0331. The Morgan fingerprint density at radius 1 is 1.16 bits per heavy atom. The molecule has 1 rings (SSSR count). The molecule has 0 saturated carbocycles. The van der Waals surface area contributed by atoms with Gasteiger partial charge < -0.3 is 10.2 Å². The number of hydrogen-bond donors (Lipinski definition) is 1. The second kappa shape index (κ2) is 8.51. The van der Waals surface area contributed by atoms with Gasteiger partial charge in [-0.25, -0.2) is 4.98 Å². The molecule has 0 aromatic carbocycles. The van der Waals surface area contributed by atoms with E-state index in [1.807, 2.05) is 11.0 Å². The summed E-state index contributed by atoms with van der Waals surface area (Å²) in [5, 5.41) is 3.25. The zero-order chi connectivity index (χ0) is 14.1. The van der Waals surface area contributed by atoms with Gasteiger partial charge in [0.2, 0.25) is 0 Å². The molecule has 4 nitrogen and oxygen atoms in total. The molecular formula is C15H25N3O. The van der Waals surface area contributed by atoms with Crippen LogP contribution in [0.25, 0.3) is 0 Å². The predicted molar refractivity (Wildman–Crippen MR) is 79.5 cm³/mol. The van der Waals surface area contributed by atoms with E-state index in [9.17, 15) is 4.79 Å². The fourth-order valence-electron chi connectivity index (χ4n) is 1.91. The summed E-state index contributed by atoms with van der Waals surface area (Å²) in [4.78, 5) is 18.4. The monoisotopic (exact) mass is 263 g/mol. The lowest BCUT2D eigenvalue weighted by atomic mass is 10.2. The average Bonchev–Trinajstić information content (AvgIpc) is 2.44. The zero-order valence-electron chi connectivity index (χ0n) is 12.3. The molecule has 0 aliphatic carbocycles. The second-order valence-electron chi connectivity index (χ2n) is 4.65. The van der Waals surface area contributed by atoms with Crippen molar-refractivity contribution in [2.75, 3.05) is 25.0 Å². The maximum Gasteiger partial charge on any atom is 0.272 e. The van der Waals surface area contributed by atoms with Crippen LogP contribution < -0.4 is 5.32 Å². The highest BCUT2D eigenvalue weighted by molar-refractivity contribution is 5.92. The van der Waals surface area contributed by atoms with Crippen LogP contribution in [0.4, 0.5) is 5.69 Å². The molecule has 0 aliphatic rings. The number of amides is 1. The van der Waals surface area contributed by atoms with E-state index in [-0.39, 0.29) is 5.91 Å². The van der Waals surface area contributed by atoms with E-state index in [0.717, 1.165) is 44.6 Å².